The van der Waals surface area contributed by atoms with E-state index in [1.54, 1.807) is 23.9 Å². The number of anilines is 2. The van der Waals surface area contributed by atoms with Gasteiger partial charge in [-0.2, -0.15) is 11.8 Å². The summed E-state index contributed by atoms with van der Waals surface area (Å²) in [6.45, 7) is 0.712. The Bertz CT molecular complexity index is 345. The Morgan fingerprint density at radius 1 is 1.35 bits per heavy atom. The SMILES string of the molecule is CSCCCCNc1ccc(N)cc1C(F)F. The molecule has 0 saturated heterocycles. The number of alkyl halides is 2. The quantitative estimate of drug-likeness (QED) is 0.579. The van der Waals surface area contributed by atoms with Crippen LogP contribution in [0.5, 0.6) is 0 Å². The molecule has 1 aromatic carbocycles. The van der Waals surface area contributed by atoms with E-state index in [4.69, 9.17) is 5.73 Å². The molecule has 0 unspecified atom stereocenters. The number of nitrogens with one attached hydrogen (secondary N) is 1. The van der Waals surface area contributed by atoms with Crippen molar-refractivity contribution in [1.29, 1.82) is 0 Å². The molecule has 96 valence electrons. The van der Waals surface area contributed by atoms with Crippen LogP contribution in [0.2, 0.25) is 0 Å². The lowest BCUT2D eigenvalue weighted by Crippen LogP contribution is -2.05. The first-order chi connectivity index (χ1) is 8.15. The van der Waals surface area contributed by atoms with Crippen molar-refractivity contribution in [2.75, 3.05) is 29.6 Å². The fourth-order valence-corrected chi connectivity index (χ4v) is 2.01. The van der Waals surface area contributed by atoms with E-state index in [1.807, 2.05) is 0 Å². The molecule has 1 rings (SSSR count). The van der Waals surface area contributed by atoms with Gasteiger partial charge in [0.25, 0.3) is 6.43 Å². The van der Waals surface area contributed by atoms with Crippen LogP contribution in [0.4, 0.5) is 20.2 Å². The molecule has 0 heterocycles. The molecule has 0 aliphatic rings. The Hall–Kier alpha value is -0.970. The van der Waals surface area contributed by atoms with Crippen molar-refractivity contribution >= 4 is 23.1 Å². The minimum Gasteiger partial charge on any atom is -0.399 e. The number of benzene rings is 1. The van der Waals surface area contributed by atoms with Crippen molar-refractivity contribution in [3.05, 3.63) is 23.8 Å². The third-order valence-corrected chi connectivity index (χ3v) is 3.10. The molecule has 3 N–H and O–H groups in total. The molecule has 0 saturated carbocycles. The summed E-state index contributed by atoms with van der Waals surface area (Å²) in [5.74, 6) is 1.10. The van der Waals surface area contributed by atoms with Crippen LogP contribution >= 0.6 is 11.8 Å². The second kappa shape index (κ2) is 7.37. The molecule has 2 nitrogen and oxygen atoms in total. The highest BCUT2D eigenvalue weighted by Crippen LogP contribution is 2.28. The van der Waals surface area contributed by atoms with Crippen LogP contribution in [0.15, 0.2) is 18.2 Å². The van der Waals surface area contributed by atoms with Gasteiger partial charge in [0.1, 0.15) is 0 Å². The predicted molar refractivity (Wildman–Crippen MR) is 71.9 cm³/mol. The zero-order valence-corrected chi connectivity index (χ0v) is 10.7. The van der Waals surface area contributed by atoms with Gasteiger partial charge in [0, 0.05) is 23.5 Å². The van der Waals surface area contributed by atoms with Gasteiger partial charge in [0.15, 0.2) is 0 Å². The van der Waals surface area contributed by atoms with Crippen LogP contribution in [-0.4, -0.2) is 18.6 Å². The molecule has 0 aromatic heterocycles. The van der Waals surface area contributed by atoms with Gasteiger partial charge in [-0.05, 0) is 43.0 Å². The summed E-state index contributed by atoms with van der Waals surface area (Å²) in [7, 11) is 0. The van der Waals surface area contributed by atoms with Gasteiger partial charge >= 0.3 is 0 Å². The largest absolute Gasteiger partial charge is 0.399 e. The minimum atomic E-state index is -2.49. The van der Waals surface area contributed by atoms with Gasteiger partial charge in [-0.1, -0.05) is 0 Å². The first kappa shape index (κ1) is 14.1. The Morgan fingerprint density at radius 3 is 2.76 bits per heavy atom. The number of hydrogen-bond acceptors (Lipinski definition) is 3. The summed E-state index contributed by atoms with van der Waals surface area (Å²) in [4.78, 5) is 0. The van der Waals surface area contributed by atoms with Crippen molar-refractivity contribution in [3.8, 4) is 0 Å². The van der Waals surface area contributed by atoms with Crippen LogP contribution in [0.3, 0.4) is 0 Å². The van der Waals surface area contributed by atoms with Crippen LogP contribution in [-0.2, 0) is 0 Å². The van der Waals surface area contributed by atoms with Crippen molar-refractivity contribution in [2.24, 2.45) is 0 Å². The fraction of sp³-hybridized carbons (Fsp3) is 0.500. The van der Waals surface area contributed by atoms with Gasteiger partial charge in [0.05, 0.1) is 0 Å². The highest BCUT2D eigenvalue weighted by Gasteiger charge is 2.12. The lowest BCUT2D eigenvalue weighted by molar-refractivity contribution is 0.152. The number of rotatable bonds is 7. The third-order valence-electron chi connectivity index (χ3n) is 2.40. The van der Waals surface area contributed by atoms with E-state index in [0.717, 1.165) is 18.6 Å². The lowest BCUT2D eigenvalue weighted by Gasteiger charge is -2.12. The zero-order valence-electron chi connectivity index (χ0n) is 9.88. The lowest BCUT2D eigenvalue weighted by atomic mass is 10.1. The topological polar surface area (TPSA) is 38.0 Å². The van der Waals surface area contributed by atoms with E-state index in [2.05, 4.69) is 11.6 Å². The predicted octanol–water partition coefficient (Wildman–Crippen LogP) is 3.76. The number of unbranched alkanes of at least 4 members (excludes halogenated alkanes) is 1. The van der Waals surface area contributed by atoms with E-state index < -0.39 is 6.43 Å². The number of nitrogens with two attached hydrogens (primary N) is 1. The molecule has 0 aliphatic carbocycles. The van der Waals surface area contributed by atoms with E-state index in [0.29, 0.717) is 17.9 Å². The molecule has 0 radical (unpaired) electrons. The molecule has 0 spiro atoms. The second-order valence-corrected chi connectivity index (χ2v) is 4.76. The molecular formula is C12H18F2N2S. The Labute approximate surface area is 105 Å². The van der Waals surface area contributed by atoms with E-state index in [1.165, 1.54) is 6.07 Å². The first-order valence-corrected chi connectivity index (χ1v) is 6.95. The molecule has 0 aliphatic heterocycles. The number of hydrogen-bond donors (Lipinski definition) is 2. The van der Waals surface area contributed by atoms with E-state index >= 15 is 0 Å². The summed E-state index contributed by atoms with van der Waals surface area (Å²) >= 11 is 1.79. The van der Waals surface area contributed by atoms with Gasteiger partial charge < -0.3 is 11.1 Å². The van der Waals surface area contributed by atoms with Gasteiger partial charge in [-0.3, -0.25) is 0 Å². The maximum atomic E-state index is 12.7. The maximum absolute atomic E-state index is 12.7. The third kappa shape index (κ3) is 4.81. The second-order valence-electron chi connectivity index (χ2n) is 3.77. The normalized spacial score (nSPS) is 10.8. The van der Waals surface area contributed by atoms with Crippen molar-refractivity contribution in [3.63, 3.8) is 0 Å². The highest BCUT2D eigenvalue weighted by molar-refractivity contribution is 7.98. The summed E-state index contributed by atoms with van der Waals surface area (Å²) in [5.41, 5.74) is 6.33. The van der Waals surface area contributed by atoms with Crippen LogP contribution in [0, 0.1) is 0 Å². The van der Waals surface area contributed by atoms with Crippen molar-refractivity contribution in [2.45, 2.75) is 19.3 Å². The molecular weight excluding hydrogens is 242 g/mol. The first-order valence-electron chi connectivity index (χ1n) is 5.55. The summed E-state index contributed by atoms with van der Waals surface area (Å²) in [6.07, 6.45) is 1.63. The van der Waals surface area contributed by atoms with Gasteiger partial charge in [-0.15, -0.1) is 0 Å². The number of halogens is 2. The average molecular weight is 260 g/mol. The maximum Gasteiger partial charge on any atom is 0.265 e. The Balaban J connectivity index is 2.52. The molecule has 0 fully saturated rings. The van der Waals surface area contributed by atoms with Crippen LogP contribution < -0.4 is 11.1 Å². The van der Waals surface area contributed by atoms with Crippen LogP contribution in [0.1, 0.15) is 24.8 Å². The monoisotopic (exact) mass is 260 g/mol. The Morgan fingerprint density at radius 2 is 2.12 bits per heavy atom. The zero-order chi connectivity index (χ0) is 12.7. The standard InChI is InChI=1S/C12H18F2N2S/c1-17-7-3-2-6-16-11-5-4-9(15)8-10(11)12(13)14/h4-5,8,12,16H,2-3,6-7,15H2,1H3. The molecule has 0 bridgehead atoms. The average Bonchev–Trinajstić information content (AvgIpc) is 2.30. The smallest absolute Gasteiger partial charge is 0.265 e. The van der Waals surface area contributed by atoms with Gasteiger partial charge in [0.2, 0.25) is 0 Å². The summed E-state index contributed by atoms with van der Waals surface area (Å²) in [6, 6.07) is 4.58. The van der Waals surface area contributed by atoms with E-state index in [-0.39, 0.29) is 5.56 Å². The molecule has 1 aromatic rings. The molecule has 0 amide bonds. The van der Waals surface area contributed by atoms with Crippen molar-refractivity contribution in [1.82, 2.24) is 0 Å². The molecule has 0 atom stereocenters. The number of nitrogen functional groups attached to an aromatic ring is 1. The molecule has 5 heteroatoms. The highest BCUT2D eigenvalue weighted by atomic mass is 32.2. The molecule has 17 heavy (non-hydrogen) atoms. The van der Waals surface area contributed by atoms with Gasteiger partial charge in [-0.25, -0.2) is 8.78 Å². The number of thioether (sulfide) groups is 1. The minimum absolute atomic E-state index is 0.0186. The summed E-state index contributed by atoms with van der Waals surface area (Å²) in [5, 5.41) is 3.04. The summed E-state index contributed by atoms with van der Waals surface area (Å²) < 4.78 is 25.5. The fourth-order valence-electron chi connectivity index (χ4n) is 1.52. The van der Waals surface area contributed by atoms with Crippen LogP contribution in [0.25, 0.3) is 0 Å². The van der Waals surface area contributed by atoms with Crippen molar-refractivity contribution < 1.29 is 8.78 Å². The van der Waals surface area contributed by atoms with E-state index in [9.17, 15) is 8.78 Å². The Kier molecular flexibility index (Phi) is 6.11.